The molecule has 2 saturated heterocycles. The van der Waals surface area contributed by atoms with Crippen LogP contribution in [-0.4, -0.2) is 51.4 Å². The Bertz CT molecular complexity index is 682. The van der Waals surface area contributed by atoms with Gasteiger partial charge in [0.1, 0.15) is 17.8 Å². The number of hydrogen-bond acceptors (Lipinski definition) is 4. The molecule has 0 saturated carbocycles. The minimum Gasteiger partial charge on any atom is -0.356 e. The summed E-state index contributed by atoms with van der Waals surface area (Å²) >= 11 is 0. The molecule has 0 radical (unpaired) electrons. The predicted octanol–water partition coefficient (Wildman–Crippen LogP) is 1.94. The van der Waals surface area contributed by atoms with E-state index in [-0.39, 0.29) is 0 Å². The van der Waals surface area contributed by atoms with Gasteiger partial charge in [0.15, 0.2) is 0 Å². The van der Waals surface area contributed by atoms with Gasteiger partial charge in [-0.15, -0.1) is 0 Å². The third-order valence-electron chi connectivity index (χ3n) is 4.88. The van der Waals surface area contributed by atoms with E-state index >= 15 is 0 Å². The summed E-state index contributed by atoms with van der Waals surface area (Å²) in [4.78, 5) is 28.3. The van der Waals surface area contributed by atoms with Crippen LogP contribution in [0.4, 0.5) is 5.82 Å². The van der Waals surface area contributed by atoms with Crippen molar-refractivity contribution in [3.05, 3.63) is 18.6 Å². The number of likely N-dealkylation sites (tertiary alicyclic amines) is 1. The van der Waals surface area contributed by atoms with Crippen molar-refractivity contribution >= 4 is 22.8 Å². The number of nitrogens with zero attached hydrogens (tertiary/aromatic N) is 4. The number of rotatable bonds is 2. The zero-order valence-corrected chi connectivity index (χ0v) is 12.7. The van der Waals surface area contributed by atoms with Crippen molar-refractivity contribution in [3.63, 3.8) is 0 Å². The van der Waals surface area contributed by atoms with E-state index in [0.717, 1.165) is 68.6 Å². The normalized spacial score (nSPS) is 23.3. The highest BCUT2D eigenvalue weighted by molar-refractivity contribution is 5.87. The maximum absolute atomic E-state index is 12.0. The molecule has 2 fully saturated rings. The Labute approximate surface area is 129 Å². The first-order valence-corrected chi connectivity index (χ1v) is 8.15. The largest absolute Gasteiger partial charge is 0.356 e. The lowest BCUT2D eigenvalue weighted by atomic mass is 10.1. The lowest BCUT2D eigenvalue weighted by Gasteiger charge is -2.27. The average molecular weight is 299 g/mol. The van der Waals surface area contributed by atoms with Crippen LogP contribution in [0.15, 0.2) is 18.6 Å². The molecular weight excluding hydrogens is 278 g/mol. The van der Waals surface area contributed by atoms with Gasteiger partial charge in [-0.2, -0.15) is 0 Å². The summed E-state index contributed by atoms with van der Waals surface area (Å²) < 4.78 is 0. The van der Waals surface area contributed by atoms with Crippen LogP contribution in [0, 0.1) is 0 Å². The van der Waals surface area contributed by atoms with Gasteiger partial charge in [-0.1, -0.05) is 0 Å². The van der Waals surface area contributed by atoms with Crippen LogP contribution in [0.3, 0.4) is 0 Å². The van der Waals surface area contributed by atoms with E-state index in [1.165, 1.54) is 0 Å². The number of carbonyl (C=O) groups excluding carboxylic acids is 1. The molecule has 6 heteroatoms. The van der Waals surface area contributed by atoms with Gasteiger partial charge in [0.05, 0.1) is 5.39 Å². The topological polar surface area (TPSA) is 65.1 Å². The molecule has 0 aliphatic carbocycles. The Balaban J connectivity index is 1.53. The smallest absolute Gasteiger partial charge is 0.222 e. The number of H-pyrrole nitrogens is 1. The third kappa shape index (κ3) is 2.32. The van der Waals surface area contributed by atoms with Gasteiger partial charge in [0.2, 0.25) is 5.91 Å². The fourth-order valence-electron chi connectivity index (χ4n) is 3.77. The highest BCUT2D eigenvalue weighted by Gasteiger charge is 2.29. The van der Waals surface area contributed by atoms with Crippen molar-refractivity contribution in [2.75, 3.05) is 24.5 Å². The number of nitrogens with one attached hydrogen (secondary N) is 1. The van der Waals surface area contributed by atoms with Crippen LogP contribution < -0.4 is 4.90 Å². The molecule has 1 amide bonds. The number of fused-ring (bicyclic) bond motifs is 1. The molecule has 4 heterocycles. The first-order valence-electron chi connectivity index (χ1n) is 8.15. The first kappa shape index (κ1) is 13.5. The molecule has 2 aromatic heterocycles. The van der Waals surface area contributed by atoms with Crippen LogP contribution in [-0.2, 0) is 4.79 Å². The van der Waals surface area contributed by atoms with Gasteiger partial charge in [0.25, 0.3) is 0 Å². The molecule has 22 heavy (non-hydrogen) atoms. The van der Waals surface area contributed by atoms with E-state index in [1.54, 1.807) is 6.33 Å². The van der Waals surface area contributed by atoms with Gasteiger partial charge in [-0.05, 0) is 31.7 Å². The van der Waals surface area contributed by atoms with Gasteiger partial charge < -0.3 is 14.8 Å². The number of anilines is 1. The maximum atomic E-state index is 12.0. The van der Waals surface area contributed by atoms with Gasteiger partial charge >= 0.3 is 0 Å². The molecule has 0 bridgehead atoms. The zero-order valence-electron chi connectivity index (χ0n) is 12.7. The molecule has 0 aromatic carbocycles. The third-order valence-corrected chi connectivity index (χ3v) is 4.88. The second-order valence-electron chi connectivity index (χ2n) is 6.20. The summed E-state index contributed by atoms with van der Waals surface area (Å²) in [6, 6.07) is 2.44. The monoisotopic (exact) mass is 299 g/mol. The van der Waals surface area contributed by atoms with Crippen LogP contribution in [0.5, 0.6) is 0 Å². The fourth-order valence-corrected chi connectivity index (χ4v) is 3.77. The number of carbonyl (C=O) groups is 1. The lowest BCUT2D eigenvalue weighted by molar-refractivity contribution is -0.129. The Hall–Kier alpha value is -2.11. The summed E-state index contributed by atoms with van der Waals surface area (Å²) in [6.45, 7) is 2.89. The minimum absolute atomic E-state index is 0.341. The molecule has 116 valence electrons. The summed E-state index contributed by atoms with van der Waals surface area (Å²) in [7, 11) is 0. The molecule has 6 nitrogen and oxygen atoms in total. The van der Waals surface area contributed by atoms with Crippen LogP contribution in [0.1, 0.15) is 32.1 Å². The van der Waals surface area contributed by atoms with Gasteiger partial charge in [0, 0.05) is 38.3 Å². The van der Waals surface area contributed by atoms with E-state index in [1.807, 2.05) is 12.3 Å². The van der Waals surface area contributed by atoms with Crippen LogP contribution in [0.2, 0.25) is 0 Å². The quantitative estimate of drug-likeness (QED) is 0.920. The number of aromatic nitrogens is 3. The minimum atomic E-state index is 0.341. The molecule has 2 aromatic rings. The molecular formula is C16H21N5O. The standard InChI is InChI=1S/C16H21N5O/c22-14-4-2-9-21(14)12-3-1-8-20(10-6-12)16-13-5-7-17-15(13)18-11-19-16/h5,7,11-12H,1-4,6,8-10H2,(H,17,18,19). The first-order chi connectivity index (χ1) is 10.8. The van der Waals surface area contributed by atoms with Crippen LogP contribution in [0.25, 0.3) is 11.0 Å². The van der Waals surface area contributed by atoms with Gasteiger partial charge in [-0.25, -0.2) is 9.97 Å². The molecule has 0 spiro atoms. The summed E-state index contributed by atoms with van der Waals surface area (Å²) in [5.74, 6) is 1.35. The van der Waals surface area contributed by atoms with E-state index in [9.17, 15) is 4.79 Å². The SMILES string of the molecule is O=C1CCCN1C1CCCN(c2ncnc3[nH]ccc23)CC1. The summed E-state index contributed by atoms with van der Waals surface area (Å²) in [6.07, 6.45) is 8.52. The van der Waals surface area contributed by atoms with Crippen molar-refractivity contribution in [1.29, 1.82) is 0 Å². The molecule has 2 aliphatic rings. The highest BCUT2D eigenvalue weighted by atomic mass is 16.2. The predicted molar refractivity (Wildman–Crippen MR) is 84.7 cm³/mol. The highest BCUT2D eigenvalue weighted by Crippen LogP contribution is 2.27. The Morgan fingerprint density at radius 3 is 2.95 bits per heavy atom. The zero-order chi connectivity index (χ0) is 14.9. The Morgan fingerprint density at radius 1 is 1.14 bits per heavy atom. The van der Waals surface area contributed by atoms with Crippen molar-refractivity contribution in [1.82, 2.24) is 19.9 Å². The number of amides is 1. The Morgan fingerprint density at radius 2 is 2.09 bits per heavy atom. The summed E-state index contributed by atoms with van der Waals surface area (Å²) in [5, 5.41) is 1.08. The molecule has 1 unspecified atom stereocenters. The molecule has 4 rings (SSSR count). The molecule has 1 N–H and O–H groups in total. The summed E-state index contributed by atoms with van der Waals surface area (Å²) in [5.41, 5.74) is 0.889. The van der Waals surface area contributed by atoms with E-state index < -0.39 is 0 Å². The van der Waals surface area contributed by atoms with Crippen molar-refractivity contribution < 1.29 is 4.79 Å². The average Bonchev–Trinajstić information content (AvgIpc) is 3.10. The lowest BCUT2D eigenvalue weighted by Crippen LogP contribution is -2.37. The van der Waals surface area contributed by atoms with Crippen molar-refractivity contribution in [2.24, 2.45) is 0 Å². The van der Waals surface area contributed by atoms with E-state index in [0.29, 0.717) is 11.9 Å². The molecule has 2 aliphatic heterocycles. The van der Waals surface area contributed by atoms with Crippen LogP contribution >= 0.6 is 0 Å². The second kappa shape index (κ2) is 5.59. The fraction of sp³-hybridized carbons (Fsp3) is 0.562. The van der Waals surface area contributed by atoms with Crippen molar-refractivity contribution in [3.8, 4) is 0 Å². The van der Waals surface area contributed by atoms with Crippen molar-refractivity contribution in [2.45, 2.75) is 38.1 Å². The van der Waals surface area contributed by atoms with E-state index in [2.05, 4.69) is 24.8 Å². The van der Waals surface area contributed by atoms with Gasteiger partial charge in [-0.3, -0.25) is 4.79 Å². The number of hydrogen-bond donors (Lipinski definition) is 1. The molecule has 1 atom stereocenters. The van der Waals surface area contributed by atoms with E-state index in [4.69, 9.17) is 0 Å². The maximum Gasteiger partial charge on any atom is 0.222 e. The second-order valence-corrected chi connectivity index (χ2v) is 6.20. The Kier molecular flexibility index (Phi) is 3.44. The number of aromatic amines is 1.